The third-order valence-electron chi connectivity index (χ3n) is 5.45. The lowest BCUT2D eigenvalue weighted by molar-refractivity contribution is -0.143. The molecule has 0 aliphatic rings. The molecular weight excluding hydrogens is 518 g/mol. The molecule has 0 spiro atoms. The van der Waals surface area contributed by atoms with Crippen molar-refractivity contribution in [3.63, 3.8) is 0 Å². The number of aliphatic carboxylic acids is 2. The molecule has 1 rings (SSSR count). The molecule has 14 heteroatoms. The summed E-state index contributed by atoms with van der Waals surface area (Å²) < 4.78 is 0. The van der Waals surface area contributed by atoms with Crippen molar-refractivity contribution in [3.05, 3.63) is 35.9 Å². The number of nitrogens with one attached hydrogen (secondary N) is 3. The minimum Gasteiger partial charge on any atom is -0.481 e. The molecule has 38 heavy (non-hydrogen) atoms. The van der Waals surface area contributed by atoms with Crippen molar-refractivity contribution in [1.29, 1.82) is 0 Å². The third kappa shape index (κ3) is 12.5. The average molecular weight is 554 g/mol. The number of carboxylic acids is 2. The van der Waals surface area contributed by atoms with Crippen LogP contribution in [0.1, 0.15) is 37.7 Å². The van der Waals surface area contributed by atoms with E-state index in [2.05, 4.69) is 16.0 Å². The number of carbonyl (C=O) groups is 6. The van der Waals surface area contributed by atoms with Gasteiger partial charge in [-0.25, -0.2) is 4.79 Å². The van der Waals surface area contributed by atoms with E-state index in [1.807, 2.05) is 0 Å². The fourth-order valence-corrected chi connectivity index (χ4v) is 3.84. The number of amides is 4. The number of thioether (sulfide) groups is 1. The van der Waals surface area contributed by atoms with Crippen LogP contribution in [0.2, 0.25) is 0 Å². The van der Waals surface area contributed by atoms with Gasteiger partial charge in [0.1, 0.15) is 18.1 Å². The first kappa shape index (κ1) is 32.4. The van der Waals surface area contributed by atoms with Gasteiger partial charge in [0.2, 0.25) is 23.6 Å². The number of benzene rings is 1. The number of hydrogen-bond donors (Lipinski definition) is 7. The molecule has 9 N–H and O–H groups in total. The summed E-state index contributed by atoms with van der Waals surface area (Å²) in [5.74, 6) is -5.28. The van der Waals surface area contributed by atoms with E-state index in [4.69, 9.17) is 16.6 Å². The molecule has 0 saturated carbocycles. The summed E-state index contributed by atoms with van der Waals surface area (Å²) in [4.78, 5) is 72.5. The zero-order valence-corrected chi connectivity index (χ0v) is 21.9. The SMILES string of the molecule is CSCCC(NC(=O)C(CCC(=O)O)NC(=O)C(CCC(N)=O)NC(=O)C(N)Cc1ccccc1)C(=O)O. The lowest BCUT2D eigenvalue weighted by Gasteiger charge is -2.25. The van der Waals surface area contributed by atoms with Crippen LogP contribution in [0.15, 0.2) is 30.3 Å². The maximum Gasteiger partial charge on any atom is 0.326 e. The molecule has 0 bridgehead atoms. The largest absolute Gasteiger partial charge is 0.481 e. The van der Waals surface area contributed by atoms with E-state index < -0.39 is 66.2 Å². The number of primary amides is 1. The van der Waals surface area contributed by atoms with Gasteiger partial charge < -0.3 is 37.6 Å². The lowest BCUT2D eigenvalue weighted by atomic mass is 10.0. The first-order valence-electron chi connectivity index (χ1n) is 11.9. The minimum absolute atomic E-state index is 0.110. The van der Waals surface area contributed by atoms with Gasteiger partial charge in [-0.1, -0.05) is 30.3 Å². The highest BCUT2D eigenvalue weighted by Crippen LogP contribution is 2.07. The van der Waals surface area contributed by atoms with Crippen LogP contribution in [-0.2, 0) is 35.2 Å². The summed E-state index contributed by atoms with van der Waals surface area (Å²) in [6, 6.07) is 3.91. The van der Waals surface area contributed by atoms with Crippen LogP contribution in [0.3, 0.4) is 0 Å². The summed E-state index contributed by atoms with van der Waals surface area (Å²) in [5.41, 5.74) is 12.0. The Labute approximate surface area is 224 Å². The van der Waals surface area contributed by atoms with Crippen molar-refractivity contribution in [1.82, 2.24) is 16.0 Å². The molecule has 0 radical (unpaired) electrons. The van der Waals surface area contributed by atoms with Crippen molar-refractivity contribution < 1.29 is 39.0 Å². The third-order valence-corrected chi connectivity index (χ3v) is 6.10. The first-order chi connectivity index (χ1) is 17.9. The minimum atomic E-state index is -1.42. The number of nitrogens with two attached hydrogens (primary N) is 2. The number of hydrogen-bond acceptors (Lipinski definition) is 8. The van der Waals surface area contributed by atoms with E-state index in [1.165, 1.54) is 11.8 Å². The maximum atomic E-state index is 13.1. The first-order valence-corrected chi connectivity index (χ1v) is 13.3. The smallest absolute Gasteiger partial charge is 0.326 e. The monoisotopic (exact) mass is 553 g/mol. The molecule has 4 unspecified atom stereocenters. The highest BCUT2D eigenvalue weighted by molar-refractivity contribution is 7.98. The van der Waals surface area contributed by atoms with Gasteiger partial charge in [0.05, 0.1) is 6.04 Å². The van der Waals surface area contributed by atoms with Gasteiger partial charge >= 0.3 is 11.9 Å². The zero-order chi connectivity index (χ0) is 28.7. The second-order valence-corrected chi connectivity index (χ2v) is 9.52. The molecule has 4 atom stereocenters. The van der Waals surface area contributed by atoms with Crippen molar-refractivity contribution in [2.24, 2.45) is 11.5 Å². The zero-order valence-electron chi connectivity index (χ0n) is 21.1. The highest BCUT2D eigenvalue weighted by atomic mass is 32.2. The topological polar surface area (TPSA) is 231 Å². The van der Waals surface area contributed by atoms with Crippen LogP contribution >= 0.6 is 11.8 Å². The van der Waals surface area contributed by atoms with Gasteiger partial charge in [0, 0.05) is 12.8 Å². The van der Waals surface area contributed by atoms with Crippen molar-refractivity contribution in [3.8, 4) is 0 Å². The van der Waals surface area contributed by atoms with E-state index in [9.17, 15) is 33.9 Å². The standard InChI is InChI=1S/C24H35N5O8S/c1-38-12-11-18(24(36)37)29-23(35)17(8-10-20(31)32)28-22(34)16(7-9-19(26)30)27-21(33)15(25)13-14-5-3-2-4-6-14/h2-6,15-18H,7-13,25H2,1H3,(H2,26,30)(H,27,33)(H,28,34)(H,29,35)(H,31,32)(H,36,37). The van der Waals surface area contributed by atoms with E-state index in [0.29, 0.717) is 5.75 Å². The molecule has 0 aliphatic heterocycles. The fraction of sp³-hybridized carbons (Fsp3) is 0.500. The molecular formula is C24H35N5O8S. The van der Waals surface area contributed by atoms with Crippen molar-refractivity contribution in [2.75, 3.05) is 12.0 Å². The van der Waals surface area contributed by atoms with E-state index >= 15 is 0 Å². The van der Waals surface area contributed by atoms with Crippen molar-refractivity contribution >= 4 is 47.3 Å². The predicted octanol–water partition coefficient (Wildman–Crippen LogP) is -1.02. The maximum absolute atomic E-state index is 13.1. The molecule has 0 aliphatic carbocycles. The highest BCUT2D eigenvalue weighted by Gasteiger charge is 2.30. The van der Waals surface area contributed by atoms with Crippen LogP contribution in [-0.4, -0.2) is 82.0 Å². The molecule has 4 amide bonds. The lowest BCUT2D eigenvalue weighted by Crippen LogP contribution is -2.57. The quantitative estimate of drug-likeness (QED) is 0.117. The fourth-order valence-electron chi connectivity index (χ4n) is 3.37. The van der Waals surface area contributed by atoms with Crippen LogP contribution in [0.4, 0.5) is 0 Å². The summed E-state index contributed by atoms with van der Waals surface area (Å²) in [6.45, 7) is 0. The van der Waals surface area contributed by atoms with Gasteiger partial charge in [-0.3, -0.25) is 24.0 Å². The second kappa shape index (κ2) is 17.0. The molecule has 210 valence electrons. The van der Waals surface area contributed by atoms with Crippen molar-refractivity contribution in [2.45, 2.75) is 62.7 Å². The summed E-state index contributed by atoms with van der Waals surface area (Å²) in [6.07, 6.45) is 0.735. The Bertz CT molecular complexity index is 978. The number of carbonyl (C=O) groups excluding carboxylic acids is 4. The normalized spacial score (nSPS) is 13.8. The molecule has 0 saturated heterocycles. The molecule has 13 nitrogen and oxygen atoms in total. The van der Waals surface area contributed by atoms with E-state index in [0.717, 1.165) is 5.56 Å². The van der Waals surface area contributed by atoms with Crippen LogP contribution in [0, 0.1) is 0 Å². The summed E-state index contributed by atoms with van der Waals surface area (Å²) >= 11 is 1.38. The second-order valence-electron chi connectivity index (χ2n) is 8.54. The number of carboxylic acid groups (broad SMARTS) is 2. The summed E-state index contributed by atoms with van der Waals surface area (Å²) in [7, 11) is 0. The predicted molar refractivity (Wildman–Crippen MR) is 140 cm³/mol. The molecule has 1 aromatic carbocycles. The molecule has 0 fully saturated rings. The Morgan fingerprint density at radius 2 is 1.34 bits per heavy atom. The van der Waals surface area contributed by atoms with Gasteiger partial charge in [0.15, 0.2) is 0 Å². The average Bonchev–Trinajstić information content (AvgIpc) is 2.86. The molecule has 1 aromatic rings. The Morgan fingerprint density at radius 3 is 1.84 bits per heavy atom. The van der Waals surface area contributed by atoms with Crippen LogP contribution in [0.5, 0.6) is 0 Å². The Balaban J connectivity index is 3.01. The van der Waals surface area contributed by atoms with Crippen LogP contribution in [0.25, 0.3) is 0 Å². The van der Waals surface area contributed by atoms with Gasteiger partial charge in [0.25, 0.3) is 0 Å². The van der Waals surface area contributed by atoms with Crippen LogP contribution < -0.4 is 27.4 Å². The molecule has 0 aromatic heterocycles. The Morgan fingerprint density at radius 1 is 0.816 bits per heavy atom. The number of rotatable bonds is 18. The Kier molecular flexibility index (Phi) is 14.5. The Hall–Kier alpha value is -3.65. The van der Waals surface area contributed by atoms with Gasteiger partial charge in [-0.05, 0) is 43.3 Å². The van der Waals surface area contributed by atoms with E-state index in [1.54, 1.807) is 36.6 Å². The van der Waals surface area contributed by atoms with Gasteiger partial charge in [-0.2, -0.15) is 11.8 Å². The summed E-state index contributed by atoms with van der Waals surface area (Å²) in [5, 5.41) is 25.6. The van der Waals surface area contributed by atoms with E-state index in [-0.39, 0.29) is 32.1 Å². The van der Waals surface area contributed by atoms with Gasteiger partial charge in [-0.15, -0.1) is 0 Å². The molecule has 0 heterocycles.